The minimum atomic E-state index is 0.252. The molecule has 118 valence electrons. The minimum absolute atomic E-state index is 0.252. The number of halogens is 2. The molecule has 0 aromatic heterocycles. The van der Waals surface area contributed by atoms with Gasteiger partial charge in [-0.25, -0.2) is 0 Å². The zero-order valence-corrected chi connectivity index (χ0v) is 14.4. The molecule has 1 fully saturated rings. The number of hydrogen-bond acceptors (Lipinski definition) is 3. The fourth-order valence-electron chi connectivity index (χ4n) is 2.66. The van der Waals surface area contributed by atoms with Crippen molar-refractivity contribution in [1.29, 1.82) is 0 Å². The van der Waals surface area contributed by atoms with Gasteiger partial charge >= 0.3 is 0 Å². The molecule has 5 heteroatoms. The quantitative estimate of drug-likeness (QED) is 0.808. The van der Waals surface area contributed by atoms with Crippen molar-refractivity contribution < 1.29 is 0 Å². The van der Waals surface area contributed by atoms with E-state index in [1.54, 1.807) is 6.07 Å². The number of likely N-dealkylation sites (N-methyl/N-ethyl adjacent to an activating group) is 1. The maximum absolute atomic E-state index is 6.24. The molecule has 0 bridgehead atoms. The predicted molar refractivity (Wildman–Crippen MR) is 91.4 cm³/mol. The van der Waals surface area contributed by atoms with E-state index in [0.717, 1.165) is 17.1 Å². The fourth-order valence-corrected chi connectivity index (χ4v) is 3.23. The van der Waals surface area contributed by atoms with Crippen molar-refractivity contribution in [1.82, 2.24) is 15.1 Å². The molecule has 0 amide bonds. The van der Waals surface area contributed by atoms with Crippen LogP contribution >= 0.6 is 23.2 Å². The molecule has 2 rings (SSSR count). The number of benzene rings is 1. The summed E-state index contributed by atoms with van der Waals surface area (Å²) < 4.78 is 0. The Labute approximate surface area is 138 Å². The Morgan fingerprint density at radius 2 is 1.90 bits per heavy atom. The van der Waals surface area contributed by atoms with Gasteiger partial charge in [0.2, 0.25) is 0 Å². The van der Waals surface area contributed by atoms with Gasteiger partial charge in [-0.15, -0.1) is 0 Å². The van der Waals surface area contributed by atoms with Crippen LogP contribution in [0, 0.1) is 0 Å². The lowest BCUT2D eigenvalue weighted by Gasteiger charge is -2.32. The number of hydrogen-bond donors (Lipinski definition) is 1. The Balaban J connectivity index is 1.68. The van der Waals surface area contributed by atoms with Gasteiger partial charge in [-0.1, -0.05) is 29.3 Å². The Bertz CT molecular complexity index is 445. The predicted octanol–water partition coefficient (Wildman–Crippen LogP) is 3.28. The largest absolute Gasteiger partial charge is 0.310 e. The highest BCUT2D eigenvalue weighted by molar-refractivity contribution is 6.35. The van der Waals surface area contributed by atoms with Crippen LogP contribution in [-0.4, -0.2) is 56.1 Å². The van der Waals surface area contributed by atoms with E-state index in [1.165, 1.54) is 39.1 Å². The number of piperazine rings is 1. The smallest absolute Gasteiger partial charge is 0.0468 e. The molecule has 0 spiro atoms. The first-order chi connectivity index (χ1) is 10.1. The van der Waals surface area contributed by atoms with E-state index in [2.05, 4.69) is 29.1 Å². The molecule has 0 radical (unpaired) electrons. The lowest BCUT2D eigenvalue weighted by atomic mass is 10.1. The Morgan fingerprint density at radius 3 is 2.57 bits per heavy atom. The molecule has 1 N–H and O–H groups in total. The molecule has 1 heterocycles. The van der Waals surface area contributed by atoms with Gasteiger partial charge in [0.25, 0.3) is 0 Å². The van der Waals surface area contributed by atoms with Gasteiger partial charge in [-0.2, -0.15) is 0 Å². The minimum Gasteiger partial charge on any atom is -0.310 e. The number of rotatable bonds is 6. The molecule has 1 unspecified atom stereocenters. The van der Waals surface area contributed by atoms with E-state index in [0.29, 0.717) is 5.02 Å². The summed E-state index contributed by atoms with van der Waals surface area (Å²) in [5.41, 5.74) is 1.11. The molecule has 1 aliphatic heterocycles. The van der Waals surface area contributed by atoms with Crippen LogP contribution in [0.4, 0.5) is 0 Å². The van der Waals surface area contributed by atoms with Gasteiger partial charge in [0.05, 0.1) is 0 Å². The summed E-state index contributed by atoms with van der Waals surface area (Å²) in [7, 11) is 2.19. The molecule has 3 nitrogen and oxygen atoms in total. The van der Waals surface area contributed by atoms with E-state index >= 15 is 0 Å². The highest BCUT2D eigenvalue weighted by Crippen LogP contribution is 2.25. The summed E-state index contributed by atoms with van der Waals surface area (Å²) in [5, 5.41) is 4.97. The average Bonchev–Trinajstić information content (AvgIpc) is 2.45. The first-order valence-electron chi connectivity index (χ1n) is 7.65. The van der Waals surface area contributed by atoms with Crippen molar-refractivity contribution >= 4 is 23.2 Å². The van der Waals surface area contributed by atoms with E-state index in [9.17, 15) is 0 Å². The van der Waals surface area contributed by atoms with Gasteiger partial charge in [-0.05, 0) is 51.2 Å². The maximum Gasteiger partial charge on any atom is 0.0468 e. The fraction of sp³-hybridized carbons (Fsp3) is 0.625. The molecule has 1 aromatic carbocycles. The van der Waals surface area contributed by atoms with Crippen LogP contribution in [0.15, 0.2) is 18.2 Å². The summed E-state index contributed by atoms with van der Waals surface area (Å²) in [4.78, 5) is 4.93. The molecule has 1 aromatic rings. The summed E-state index contributed by atoms with van der Waals surface area (Å²) in [6, 6.07) is 5.96. The summed E-state index contributed by atoms with van der Waals surface area (Å²) in [6.07, 6.45) is 1.17. The van der Waals surface area contributed by atoms with Gasteiger partial charge in [-0.3, -0.25) is 0 Å². The van der Waals surface area contributed by atoms with E-state index in [-0.39, 0.29) is 6.04 Å². The van der Waals surface area contributed by atoms with Crippen LogP contribution in [-0.2, 0) is 0 Å². The lowest BCUT2D eigenvalue weighted by molar-refractivity contribution is 0.152. The van der Waals surface area contributed by atoms with Gasteiger partial charge in [0.15, 0.2) is 0 Å². The van der Waals surface area contributed by atoms with Crippen LogP contribution in [0.3, 0.4) is 0 Å². The third kappa shape index (κ3) is 5.42. The van der Waals surface area contributed by atoms with E-state index < -0.39 is 0 Å². The third-order valence-corrected chi connectivity index (χ3v) is 4.69. The Kier molecular flexibility index (Phi) is 6.77. The normalized spacial score (nSPS) is 18.9. The van der Waals surface area contributed by atoms with Gasteiger partial charge in [0.1, 0.15) is 0 Å². The molecular formula is C16H25Cl2N3. The van der Waals surface area contributed by atoms with Crippen molar-refractivity contribution in [3.05, 3.63) is 33.8 Å². The van der Waals surface area contributed by atoms with Crippen molar-refractivity contribution in [3.8, 4) is 0 Å². The van der Waals surface area contributed by atoms with Gasteiger partial charge in [0, 0.05) is 42.3 Å². The van der Waals surface area contributed by atoms with Crippen LogP contribution < -0.4 is 5.32 Å². The zero-order valence-electron chi connectivity index (χ0n) is 12.9. The van der Waals surface area contributed by atoms with Crippen LogP contribution in [0.2, 0.25) is 10.0 Å². The second-order valence-electron chi connectivity index (χ2n) is 5.84. The summed E-state index contributed by atoms with van der Waals surface area (Å²) >= 11 is 12.2. The van der Waals surface area contributed by atoms with Crippen molar-refractivity contribution in [2.75, 3.05) is 46.3 Å². The molecule has 0 aliphatic carbocycles. The van der Waals surface area contributed by atoms with Crippen molar-refractivity contribution in [2.45, 2.75) is 19.4 Å². The molecule has 1 atom stereocenters. The maximum atomic E-state index is 6.24. The summed E-state index contributed by atoms with van der Waals surface area (Å²) in [6.45, 7) is 9.07. The van der Waals surface area contributed by atoms with Crippen molar-refractivity contribution in [3.63, 3.8) is 0 Å². The highest BCUT2D eigenvalue weighted by Gasteiger charge is 2.13. The topological polar surface area (TPSA) is 18.5 Å². The monoisotopic (exact) mass is 329 g/mol. The zero-order chi connectivity index (χ0) is 15.2. The van der Waals surface area contributed by atoms with Crippen LogP contribution in [0.1, 0.15) is 24.9 Å². The summed E-state index contributed by atoms with van der Waals surface area (Å²) in [5.74, 6) is 0. The van der Waals surface area contributed by atoms with E-state index in [1.807, 2.05) is 12.1 Å². The Hall–Kier alpha value is -0.320. The van der Waals surface area contributed by atoms with Gasteiger partial charge < -0.3 is 15.1 Å². The number of nitrogens with one attached hydrogen (secondary N) is 1. The van der Waals surface area contributed by atoms with E-state index in [4.69, 9.17) is 23.2 Å². The van der Waals surface area contributed by atoms with Crippen LogP contribution in [0.25, 0.3) is 0 Å². The lowest BCUT2D eigenvalue weighted by Crippen LogP contribution is -2.45. The molecule has 1 saturated heterocycles. The first-order valence-corrected chi connectivity index (χ1v) is 8.41. The second-order valence-corrected chi connectivity index (χ2v) is 6.68. The third-order valence-electron chi connectivity index (χ3n) is 4.13. The SMILES string of the molecule is CC(NCCCN1CCN(C)CC1)c1ccc(Cl)cc1Cl. The highest BCUT2D eigenvalue weighted by atomic mass is 35.5. The average molecular weight is 330 g/mol. The number of nitrogens with zero attached hydrogens (tertiary/aromatic N) is 2. The molecule has 0 saturated carbocycles. The van der Waals surface area contributed by atoms with Crippen molar-refractivity contribution in [2.24, 2.45) is 0 Å². The van der Waals surface area contributed by atoms with Crippen LogP contribution in [0.5, 0.6) is 0 Å². The molecule has 21 heavy (non-hydrogen) atoms. The Morgan fingerprint density at radius 1 is 1.19 bits per heavy atom. The standard InChI is InChI=1S/C16H25Cl2N3/c1-13(15-5-4-14(17)12-16(15)18)19-6-3-7-21-10-8-20(2)9-11-21/h4-5,12-13,19H,3,6-11H2,1-2H3. The first kappa shape index (κ1) is 17.0. The molecule has 1 aliphatic rings. The molecular weight excluding hydrogens is 305 g/mol. The second kappa shape index (κ2) is 8.35.